The van der Waals surface area contributed by atoms with E-state index in [1.54, 1.807) is 24.3 Å². The van der Waals surface area contributed by atoms with Crippen molar-refractivity contribution < 1.29 is 18.9 Å². The van der Waals surface area contributed by atoms with E-state index in [-0.39, 0.29) is 29.2 Å². The summed E-state index contributed by atoms with van der Waals surface area (Å²) in [6.45, 7) is 0. The third-order valence-corrected chi connectivity index (χ3v) is 4.44. The van der Waals surface area contributed by atoms with Crippen LogP contribution in [-0.4, -0.2) is 24.0 Å². The van der Waals surface area contributed by atoms with Gasteiger partial charge in [-0.25, -0.2) is 0 Å². The predicted molar refractivity (Wildman–Crippen MR) is 91.7 cm³/mol. The fourth-order valence-corrected chi connectivity index (χ4v) is 3.11. The number of furan rings is 1. The normalized spacial score (nSPS) is 14.9. The highest BCUT2D eigenvalue weighted by molar-refractivity contribution is 5.92. The van der Waals surface area contributed by atoms with Gasteiger partial charge in [0.1, 0.15) is 11.5 Å². The number of hydrogen-bond donors (Lipinski definition) is 1. The molecule has 7 heteroatoms. The van der Waals surface area contributed by atoms with Gasteiger partial charge in [0.05, 0.1) is 23.7 Å². The van der Waals surface area contributed by atoms with Crippen molar-refractivity contribution in [1.29, 1.82) is 0 Å². The van der Waals surface area contributed by atoms with Gasteiger partial charge >= 0.3 is 0 Å². The lowest BCUT2D eigenvalue weighted by Crippen LogP contribution is -2.35. The van der Waals surface area contributed by atoms with Crippen LogP contribution in [0.25, 0.3) is 11.3 Å². The van der Waals surface area contributed by atoms with Crippen molar-refractivity contribution in [1.82, 2.24) is 5.32 Å². The second-order valence-electron chi connectivity index (χ2n) is 6.11. The molecular formula is C18H20N2O5. The van der Waals surface area contributed by atoms with Gasteiger partial charge in [-0.15, -0.1) is 0 Å². The summed E-state index contributed by atoms with van der Waals surface area (Å²) in [5.41, 5.74) is 0.176. The molecule has 25 heavy (non-hydrogen) atoms. The minimum Gasteiger partial charge on any atom is -0.497 e. The molecule has 1 fully saturated rings. The lowest BCUT2D eigenvalue weighted by atomic mass is 9.95. The molecule has 132 valence electrons. The van der Waals surface area contributed by atoms with Crippen molar-refractivity contribution in [2.45, 2.75) is 38.1 Å². The molecule has 0 spiro atoms. The first kappa shape index (κ1) is 17.0. The number of nitrogens with one attached hydrogen (secondary N) is 1. The van der Waals surface area contributed by atoms with Crippen LogP contribution in [0, 0.1) is 10.1 Å². The first-order chi connectivity index (χ1) is 12.1. The maximum atomic E-state index is 12.3. The number of amides is 1. The Morgan fingerprint density at radius 2 is 2.00 bits per heavy atom. The SMILES string of the molecule is COc1ccc(-c2ccc(C(=O)NC3CCCCC3)o2)c([N+](=O)[O-])c1. The summed E-state index contributed by atoms with van der Waals surface area (Å²) in [6.07, 6.45) is 5.39. The van der Waals surface area contributed by atoms with Crippen LogP contribution < -0.4 is 10.1 Å². The van der Waals surface area contributed by atoms with Gasteiger partial charge in [0.15, 0.2) is 5.76 Å². The summed E-state index contributed by atoms with van der Waals surface area (Å²) in [6, 6.07) is 7.79. The number of nitrogens with zero attached hydrogens (tertiary/aromatic N) is 1. The first-order valence-electron chi connectivity index (χ1n) is 8.32. The molecule has 0 aliphatic heterocycles. The van der Waals surface area contributed by atoms with E-state index in [2.05, 4.69) is 5.32 Å². The van der Waals surface area contributed by atoms with Gasteiger partial charge in [-0.2, -0.15) is 0 Å². The van der Waals surface area contributed by atoms with Gasteiger partial charge in [-0.05, 0) is 37.1 Å². The van der Waals surface area contributed by atoms with Gasteiger partial charge in [0.25, 0.3) is 11.6 Å². The summed E-state index contributed by atoms with van der Waals surface area (Å²) in [5, 5.41) is 14.3. The Hall–Kier alpha value is -2.83. The van der Waals surface area contributed by atoms with Crippen LogP contribution >= 0.6 is 0 Å². The Labute approximate surface area is 145 Å². The number of nitro benzene ring substituents is 1. The van der Waals surface area contributed by atoms with Gasteiger partial charge < -0.3 is 14.5 Å². The van der Waals surface area contributed by atoms with Gasteiger partial charge in [-0.3, -0.25) is 14.9 Å². The van der Waals surface area contributed by atoms with Crippen LogP contribution in [0.15, 0.2) is 34.7 Å². The second-order valence-corrected chi connectivity index (χ2v) is 6.11. The smallest absolute Gasteiger partial charge is 0.287 e. The number of ether oxygens (including phenoxy) is 1. The highest BCUT2D eigenvalue weighted by atomic mass is 16.6. The fourth-order valence-electron chi connectivity index (χ4n) is 3.11. The number of benzene rings is 1. The zero-order valence-electron chi connectivity index (χ0n) is 14.0. The van der Waals surface area contributed by atoms with Crippen molar-refractivity contribution >= 4 is 11.6 Å². The molecule has 1 aliphatic carbocycles. The Kier molecular flexibility index (Phi) is 5.02. The molecule has 1 N–H and O–H groups in total. The fraction of sp³-hybridized carbons (Fsp3) is 0.389. The van der Waals surface area contributed by atoms with Crippen molar-refractivity contribution in [2.75, 3.05) is 7.11 Å². The minimum absolute atomic E-state index is 0.132. The average molecular weight is 344 g/mol. The van der Waals surface area contributed by atoms with E-state index in [9.17, 15) is 14.9 Å². The Bertz CT molecular complexity index is 778. The monoisotopic (exact) mass is 344 g/mol. The summed E-state index contributed by atoms with van der Waals surface area (Å²) in [5.74, 6) is 0.542. The molecular weight excluding hydrogens is 324 g/mol. The van der Waals surface area contributed by atoms with Gasteiger partial charge in [0.2, 0.25) is 0 Å². The molecule has 2 aromatic rings. The number of carbonyl (C=O) groups is 1. The third kappa shape index (κ3) is 3.81. The molecule has 3 rings (SSSR count). The largest absolute Gasteiger partial charge is 0.497 e. The predicted octanol–water partition coefficient (Wildman–Crippen LogP) is 3.93. The third-order valence-electron chi connectivity index (χ3n) is 4.44. The van der Waals surface area contributed by atoms with Gasteiger partial charge in [0, 0.05) is 6.04 Å². The van der Waals surface area contributed by atoms with Crippen LogP contribution in [0.4, 0.5) is 5.69 Å². The Morgan fingerprint density at radius 1 is 1.24 bits per heavy atom. The average Bonchev–Trinajstić information content (AvgIpc) is 3.12. The van der Waals surface area contributed by atoms with E-state index < -0.39 is 4.92 Å². The minimum atomic E-state index is -0.498. The molecule has 1 aliphatic rings. The molecule has 7 nitrogen and oxygen atoms in total. The Balaban J connectivity index is 1.81. The van der Waals surface area contributed by atoms with Crippen molar-refractivity contribution in [3.63, 3.8) is 0 Å². The quantitative estimate of drug-likeness (QED) is 0.655. The van der Waals surface area contributed by atoms with Crippen LogP contribution in [0.3, 0.4) is 0 Å². The zero-order chi connectivity index (χ0) is 17.8. The lowest BCUT2D eigenvalue weighted by Gasteiger charge is -2.22. The van der Waals surface area contributed by atoms with Crippen molar-refractivity contribution in [3.05, 3.63) is 46.2 Å². The summed E-state index contributed by atoms with van der Waals surface area (Å²) in [7, 11) is 1.44. The summed E-state index contributed by atoms with van der Waals surface area (Å²) in [4.78, 5) is 23.1. The molecule has 0 unspecified atom stereocenters. The van der Waals surface area contributed by atoms with Gasteiger partial charge in [-0.1, -0.05) is 19.3 Å². The topological polar surface area (TPSA) is 94.6 Å². The highest BCUT2D eigenvalue weighted by Crippen LogP contribution is 2.34. The van der Waals surface area contributed by atoms with Crippen molar-refractivity contribution in [2.24, 2.45) is 0 Å². The molecule has 1 aromatic carbocycles. The van der Waals surface area contributed by atoms with E-state index in [0.29, 0.717) is 11.3 Å². The Morgan fingerprint density at radius 3 is 2.68 bits per heavy atom. The van der Waals surface area contributed by atoms with E-state index in [0.717, 1.165) is 25.7 Å². The maximum Gasteiger partial charge on any atom is 0.287 e. The number of methoxy groups -OCH3 is 1. The molecule has 0 atom stereocenters. The van der Waals surface area contributed by atoms with Crippen LogP contribution in [0.2, 0.25) is 0 Å². The van der Waals surface area contributed by atoms with E-state index in [1.165, 1.54) is 19.6 Å². The van der Waals surface area contributed by atoms with E-state index in [1.807, 2.05) is 0 Å². The number of hydrogen-bond acceptors (Lipinski definition) is 5. The second kappa shape index (κ2) is 7.38. The lowest BCUT2D eigenvalue weighted by molar-refractivity contribution is -0.384. The van der Waals surface area contributed by atoms with Crippen LogP contribution in [0.5, 0.6) is 5.75 Å². The summed E-state index contributed by atoms with van der Waals surface area (Å²) >= 11 is 0. The number of rotatable bonds is 5. The maximum absolute atomic E-state index is 12.3. The molecule has 0 bridgehead atoms. The molecule has 1 aromatic heterocycles. The van der Waals surface area contributed by atoms with Crippen LogP contribution in [-0.2, 0) is 0 Å². The van der Waals surface area contributed by atoms with Crippen molar-refractivity contribution in [3.8, 4) is 17.1 Å². The van der Waals surface area contributed by atoms with E-state index in [4.69, 9.17) is 9.15 Å². The molecule has 1 saturated carbocycles. The summed E-state index contributed by atoms with van der Waals surface area (Å²) < 4.78 is 10.6. The molecule has 0 radical (unpaired) electrons. The standard InChI is InChI=1S/C18H20N2O5/c1-24-13-7-8-14(15(11-13)20(22)23)16-9-10-17(25-16)18(21)19-12-5-3-2-4-6-12/h7-12H,2-6H2,1H3,(H,19,21). The number of carbonyl (C=O) groups excluding carboxylic acids is 1. The van der Waals surface area contributed by atoms with E-state index >= 15 is 0 Å². The molecule has 0 saturated heterocycles. The van der Waals surface area contributed by atoms with Crippen LogP contribution in [0.1, 0.15) is 42.7 Å². The zero-order valence-corrected chi connectivity index (χ0v) is 14.0. The highest BCUT2D eigenvalue weighted by Gasteiger charge is 2.22. The first-order valence-corrected chi connectivity index (χ1v) is 8.32. The number of nitro groups is 1. The molecule has 1 amide bonds. The molecule has 1 heterocycles.